The summed E-state index contributed by atoms with van der Waals surface area (Å²) in [6.45, 7) is 4.03. The molecule has 0 aliphatic heterocycles. The van der Waals surface area contributed by atoms with Gasteiger partial charge in [0.1, 0.15) is 0 Å². The van der Waals surface area contributed by atoms with Gasteiger partial charge in [0.05, 0.1) is 23.3 Å². The molecule has 40 heavy (non-hydrogen) atoms. The Labute approximate surface area is 232 Å². The second-order valence-corrected chi connectivity index (χ2v) is 10.3. The van der Waals surface area contributed by atoms with Gasteiger partial charge in [0.2, 0.25) is 0 Å². The molecule has 0 aromatic heterocycles. The van der Waals surface area contributed by atoms with Crippen LogP contribution >= 0.6 is 0 Å². The van der Waals surface area contributed by atoms with Crippen molar-refractivity contribution in [2.75, 3.05) is 11.3 Å². The topological polar surface area (TPSA) is 123 Å². The van der Waals surface area contributed by atoms with Crippen molar-refractivity contribution < 1.29 is 27.5 Å². The molecule has 0 aliphatic rings. The summed E-state index contributed by atoms with van der Waals surface area (Å²) in [4.78, 5) is 25.1. The van der Waals surface area contributed by atoms with Crippen LogP contribution in [0.4, 0.5) is 5.69 Å². The minimum atomic E-state index is -3.75. The molecule has 0 saturated carbocycles. The predicted octanol–water partition coefficient (Wildman–Crippen LogP) is 5.18. The number of benzene rings is 4. The predicted molar refractivity (Wildman–Crippen MR) is 153 cm³/mol. The monoisotopic (exact) mass is 557 g/mol. The lowest BCUT2D eigenvalue weighted by atomic mass is 10.2. The van der Waals surface area contributed by atoms with E-state index in [-0.39, 0.29) is 16.2 Å². The first-order valence-electron chi connectivity index (χ1n) is 12.3. The molecule has 0 atom stereocenters. The number of anilines is 1. The standard InChI is InChI=1S/C30H27N3O6S/c1-3-38-28-19-22(11-18-27(28)39-30(35)24-7-5-4-6-8-24)20-31-32-29(34)23-12-14-25(15-13-23)33-40(36,37)26-16-9-21(2)10-17-26/h4-20,33H,3H2,1-2H3,(H,32,34)/b31-20-. The fourth-order valence-electron chi connectivity index (χ4n) is 3.54. The van der Waals surface area contributed by atoms with E-state index in [1.807, 2.05) is 19.9 Å². The summed E-state index contributed by atoms with van der Waals surface area (Å²) in [7, 11) is -3.75. The molecule has 4 aromatic rings. The number of sulfonamides is 1. The van der Waals surface area contributed by atoms with Gasteiger partial charge in [0.25, 0.3) is 15.9 Å². The molecule has 0 aliphatic carbocycles. The van der Waals surface area contributed by atoms with E-state index >= 15 is 0 Å². The van der Waals surface area contributed by atoms with Crippen LogP contribution in [0.1, 0.15) is 38.8 Å². The number of carbonyl (C=O) groups is 2. The van der Waals surface area contributed by atoms with Crippen LogP contribution in [0, 0.1) is 6.92 Å². The number of esters is 1. The first-order valence-corrected chi connectivity index (χ1v) is 13.8. The van der Waals surface area contributed by atoms with Gasteiger partial charge in [-0.3, -0.25) is 9.52 Å². The van der Waals surface area contributed by atoms with Crippen LogP contribution < -0.4 is 19.6 Å². The van der Waals surface area contributed by atoms with Gasteiger partial charge in [0, 0.05) is 11.3 Å². The van der Waals surface area contributed by atoms with Crippen LogP contribution in [0.2, 0.25) is 0 Å². The molecule has 2 N–H and O–H groups in total. The van der Waals surface area contributed by atoms with Crippen LogP contribution in [-0.4, -0.2) is 33.1 Å². The molecule has 0 radical (unpaired) electrons. The third kappa shape index (κ3) is 7.33. The fourth-order valence-corrected chi connectivity index (χ4v) is 4.60. The lowest BCUT2D eigenvalue weighted by Crippen LogP contribution is -2.18. The molecule has 0 saturated heterocycles. The first-order chi connectivity index (χ1) is 19.2. The van der Waals surface area contributed by atoms with Gasteiger partial charge in [-0.1, -0.05) is 35.9 Å². The Kier molecular flexibility index (Phi) is 8.93. The molecule has 0 bridgehead atoms. The Morgan fingerprint density at radius 1 is 0.850 bits per heavy atom. The Morgan fingerprint density at radius 2 is 1.55 bits per heavy atom. The van der Waals surface area contributed by atoms with E-state index in [1.54, 1.807) is 54.6 Å². The highest BCUT2D eigenvalue weighted by Crippen LogP contribution is 2.29. The van der Waals surface area contributed by atoms with Crippen LogP contribution in [-0.2, 0) is 10.0 Å². The third-order valence-electron chi connectivity index (χ3n) is 5.59. The molecule has 4 aromatic carbocycles. The summed E-state index contributed by atoms with van der Waals surface area (Å²) in [6, 6.07) is 26.0. The zero-order valence-electron chi connectivity index (χ0n) is 21.8. The van der Waals surface area contributed by atoms with Gasteiger partial charge in [-0.2, -0.15) is 5.10 Å². The molecule has 10 heteroatoms. The minimum absolute atomic E-state index is 0.143. The van der Waals surface area contributed by atoms with Crippen LogP contribution in [0.3, 0.4) is 0 Å². The Hall–Kier alpha value is -4.96. The molecular formula is C30H27N3O6S. The number of hydrazone groups is 1. The highest BCUT2D eigenvalue weighted by Gasteiger charge is 2.15. The van der Waals surface area contributed by atoms with Crippen molar-refractivity contribution in [2.45, 2.75) is 18.7 Å². The SMILES string of the molecule is CCOc1cc(/C=N\NC(=O)c2ccc(NS(=O)(=O)c3ccc(C)cc3)cc2)ccc1OC(=O)c1ccccc1. The lowest BCUT2D eigenvalue weighted by molar-refractivity contribution is 0.0728. The number of aryl methyl sites for hydroxylation is 1. The third-order valence-corrected chi connectivity index (χ3v) is 6.99. The van der Waals surface area contributed by atoms with Crippen molar-refractivity contribution in [3.05, 3.63) is 119 Å². The summed E-state index contributed by atoms with van der Waals surface area (Å²) in [6.07, 6.45) is 1.42. The molecule has 0 fully saturated rings. The molecular weight excluding hydrogens is 530 g/mol. The molecule has 204 valence electrons. The van der Waals surface area contributed by atoms with Crippen molar-refractivity contribution in [2.24, 2.45) is 5.10 Å². The van der Waals surface area contributed by atoms with Gasteiger partial charge in [-0.25, -0.2) is 18.6 Å². The fraction of sp³-hybridized carbons (Fsp3) is 0.100. The van der Waals surface area contributed by atoms with Gasteiger partial charge in [0.15, 0.2) is 11.5 Å². The largest absolute Gasteiger partial charge is 0.490 e. The summed E-state index contributed by atoms with van der Waals surface area (Å²) < 4.78 is 38.7. The number of hydrogen-bond donors (Lipinski definition) is 2. The van der Waals surface area contributed by atoms with E-state index in [0.29, 0.717) is 29.2 Å². The molecule has 0 unspecified atom stereocenters. The highest BCUT2D eigenvalue weighted by atomic mass is 32.2. The van der Waals surface area contributed by atoms with Crippen molar-refractivity contribution in [3.8, 4) is 11.5 Å². The van der Waals surface area contributed by atoms with Crippen molar-refractivity contribution >= 4 is 33.8 Å². The maximum absolute atomic E-state index is 12.6. The van der Waals surface area contributed by atoms with E-state index in [2.05, 4.69) is 15.2 Å². The molecule has 0 spiro atoms. The number of amides is 1. The van der Waals surface area contributed by atoms with Gasteiger partial charge in [-0.15, -0.1) is 0 Å². The molecule has 4 rings (SSSR count). The number of nitrogens with one attached hydrogen (secondary N) is 2. The summed E-state index contributed by atoms with van der Waals surface area (Å²) in [5.41, 5.74) is 5.00. The maximum Gasteiger partial charge on any atom is 0.343 e. The van der Waals surface area contributed by atoms with E-state index in [1.165, 1.54) is 42.6 Å². The smallest absolute Gasteiger partial charge is 0.343 e. The summed E-state index contributed by atoms with van der Waals surface area (Å²) in [5.74, 6) is -0.382. The first kappa shape index (κ1) is 28.1. The van der Waals surface area contributed by atoms with Gasteiger partial charge < -0.3 is 9.47 Å². The number of rotatable bonds is 10. The highest BCUT2D eigenvalue weighted by molar-refractivity contribution is 7.92. The average molecular weight is 558 g/mol. The normalized spacial score (nSPS) is 11.2. The zero-order valence-corrected chi connectivity index (χ0v) is 22.6. The second-order valence-electron chi connectivity index (χ2n) is 8.59. The van der Waals surface area contributed by atoms with E-state index in [9.17, 15) is 18.0 Å². The Morgan fingerprint density at radius 3 is 2.23 bits per heavy atom. The maximum atomic E-state index is 12.6. The zero-order chi connectivity index (χ0) is 28.5. The number of hydrogen-bond acceptors (Lipinski definition) is 7. The summed E-state index contributed by atoms with van der Waals surface area (Å²) in [5, 5.41) is 3.99. The molecule has 1 amide bonds. The van der Waals surface area contributed by atoms with E-state index < -0.39 is 21.9 Å². The molecule has 9 nitrogen and oxygen atoms in total. The average Bonchev–Trinajstić information content (AvgIpc) is 2.95. The minimum Gasteiger partial charge on any atom is -0.490 e. The van der Waals surface area contributed by atoms with Crippen molar-refractivity contribution in [3.63, 3.8) is 0 Å². The van der Waals surface area contributed by atoms with E-state index in [0.717, 1.165) is 5.56 Å². The number of carbonyl (C=O) groups excluding carboxylic acids is 2. The van der Waals surface area contributed by atoms with Crippen molar-refractivity contribution in [1.29, 1.82) is 0 Å². The Bertz CT molecular complexity index is 1620. The van der Waals surface area contributed by atoms with Crippen LogP contribution in [0.15, 0.2) is 107 Å². The number of nitrogens with zero attached hydrogens (tertiary/aromatic N) is 1. The number of ether oxygens (including phenoxy) is 2. The van der Waals surface area contributed by atoms with Crippen LogP contribution in [0.25, 0.3) is 0 Å². The quantitative estimate of drug-likeness (QED) is 0.120. The second kappa shape index (κ2) is 12.7. The van der Waals surface area contributed by atoms with Crippen molar-refractivity contribution in [1.82, 2.24) is 5.43 Å². The van der Waals surface area contributed by atoms with Crippen LogP contribution in [0.5, 0.6) is 11.5 Å². The van der Waals surface area contributed by atoms with Gasteiger partial charge in [-0.05, 0) is 86.1 Å². The summed E-state index contributed by atoms with van der Waals surface area (Å²) >= 11 is 0. The van der Waals surface area contributed by atoms with E-state index in [4.69, 9.17) is 9.47 Å². The lowest BCUT2D eigenvalue weighted by Gasteiger charge is -2.11. The van der Waals surface area contributed by atoms with Gasteiger partial charge >= 0.3 is 5.97 Å². The Balaban J connectivity index is 1.37. The molecule has 0 heterocycles.